The Bertz CT molecular complexity index is 826. The van der Waals surface area contributed by atoms with Crippen LogP contribution < -0.4 is 4.74 Å². The summed E-state index contributed by atoms with van der Waals surface area (Å²) in [6.07, 6.45) is 8.03. The van der Waals surface area contributed by atoms with E-state index in [2.05, 4.69) is 0 Å². The molecule has 0 spiro atoms. The number of hydrogen-bond acceptors (Lipinski definition) is 5. The first kappa shape index (κ1) is 20.9. The Morgan fingerprint density at radius 2 is 1.73 bits per heavy atom. The van der Waals surface area contributed by atoms with Crippen LogP contribution in [0.15, 0.2) is 30.0 Å². The number of carbonyl (C=O) groups excluding carboxylic acids is 2. The molecule has 2 amide bonds. The number of hydrogen-bond donors (Lipinski definition) is 1. The van der Waals surface area contributed by atoms with Gasteiger partial charge in [-0.15, -0.1) is 0 Å². The lowest BCUT2D eigenvalue weighted by Gasteiger charge is -2.34. The zero-order valence-electron chi connectivity index (χ0n) is 17.8. The van der Waals surface area contributed by atoms with Crippen LogP contribution in [0.4, 0.5) is 0 Å². The van der Waals surface area contributed by atoms with Crippen LogP contribution in [-0.2, 0) is 9.59 Å². The van der Waals surface area contributed by atoms with Gasteiger partial charge in [0.2, 0.25) is 0 Å². The average Bonchev–Trinajstić information content (AvgIpc) is 2.94. The van der Waals surface area contributed by atoms with Gasteiger partial charge in [0.1, 0.15) is 11.4 Å². The summed E-state index contributed by atoms with van der Waals surface area (Å²) in [6.45, 7) is 1.42. The number of aliphatic hydroxyl groups excluding tert-OH is 1. The molecule has 6 heteroatoms. The molecule has 1 atom stereocenters. The summed E-state index contributed by atoms with van der Waals surface area (Å²) < 4.78 is 5.55. The van der Waals surface area contributed by atoms with E-state index in [1.165, 1.54) is 4.90 Å². The maximum Gasteiger partial charge on any atom is 0.278 e. The van der Waals surface area contributed by atoms with Crippen LogP contribution in [0.1, 0.15) is 56.9 Å². The first-order valence-corrected chi connectivity index (χ1v) is 11.3. The van der Waals surface area contributed by atoms with Gasteiger partial charge in [-0.05, 0) is 37.7 Å². The quantitative estimate of drug-likeness (QED) is 0.594. The standard InChI is InChI=1S/C24H32N2O4/c1-30-20-13-7-6-12-19(20)21-22(25-14-8-9-17(15-25)16-27)24(29)26(23(21)28)18-10-4-2-3-5-11-18/h6-7,12-13,17-18,27H,2-5,8-11,14-16H2,1H3. The summed E-state index contributed by atoms with van der Waals surface area (Å²) in [4.78, 5) is 31.0. The second-order valence-corrected chi connectivity index (χ2v) is 8.69. The number of likely N-dealkylation sites (tertiary alicyclic amines) is 1. The summed E-state index contributed by atoms with van der Waals surface area (Å²) in [5.74, 6) is 0.355. The number of piperidine rings is 1. The molecule has 1 unspecified atom stereocenters. The maximum atomic E-state index is 13.7. The molecule has 0 bridgehead atoms. The van der Waals surface area contributed by atoms with Crippen molar-refractivity contribution in [1.29, 1.82) is 0 Å². The normalized spacial score (nSPS) is 23.9. The second kappa shape index (κ2) is 9.21. The minimum atomic E-state index is -0.197. The van der Waals surface area contributed by atoms with E-state index in [1.54, 1.807) is 7.11 Å². The summed E-state index contributed by atoms with van der Waals surface area (Å²) in [7, 11) is 1.59. The molecular formula is C24H32N2O4. The van der Waals surface area contributed by atoms with E-state index >= 15 is 0 Å². The molecule has 0 radical (unpaired) electrons. The molecule has 1 aliphatic carbocycles. The zero-order valence-corrected chi connectivity index (χ0v) is 17.8. The summed E-state index contributed by atoms with van der Waals surface area (Å²) in [5.41, 5.74) is 1.63. The molecule has 30 heavy (non-hydrogen) atoms. The fraction of sp³-hybridized carbons (Fsp3) is 0.583. The van der Waals surface area contributed by atoms with Gasteiger partial charge in [-0.2, -0.15) is 0 Å². The molecule has 1 N–H and O–H groups in total. The molecule has 1 aromatic rings. The van der Waals surface area contributed by atoms with Gasteiger partial charge in [-0.1, -0.05) is 43.9 Å². The van der Waals surface area contributed by atoms with E-state index < -0.39 is 0 Å². The molecule has 1 saturated carbocycles. The van der Waals surface area contributed by atoms with Gasteiger partial charge in [0.15, 0.2) is 0 Å². The number of imide groups is 1. The molecule has 1 saturated heterocycles. The van der Waals surface area contributed by atoms with Crippen molar-refractivity contribution in [2.75, 3.05) is 26.8 Å². The fourth-order valence-corrected chi connectivity index (χ4v) is 5.19. The van der Waals surface area contributed by atoms with Gasteiger partial charge in [-0.3, -0.25) is 14.5 Å². The number of amides is 2. The van der Waals surface area contributed by atoms with E-state index in [0.717, 1.165) is 57.9 Å². The molecule has 3 aliphatic rings. The van der Waals surface area contributed by atoms with Crippen molar-refractivity contribution in [3.8, 4) is 5.75 Å². The third kappa shape index (κ3) is 3.85. The Morgan fingerprint density at radius 3 is 2.43 bits per heavy atom. The number of ether oxygens (including phenoxy) is 1. The van der Waals surface area contributed by atoms with Crippen LogP contribution in [0.5, 0.6) is 5.75 Å². The van der Waals surface area contributed by atoms with Crippen LogP contribution in [0.25, 0.3) is 5.57 Å². The number of rotatable bonds is 5. The fourth-order valence-electron chi connectivity index (χ4n) is 5.19. The van der Waals surface area contributed by atoms with Gasteiger partial charge < -0.3 is 14.7 Å². The van der Waals surface area contributed by atoms with Crippen molar-refractivity contribution in [3.05, 3.63) is 35.5 Å². The molecule has 2 fully saturated rings. The van der Waals surface area contributed by atoms with Crippen molar-refractivity contribution in [2.24, 2.45) is 5.92 Å². The van der Waals surface area contributed by atoms with Crippen LogP contribution in [-0.4, -0.2) is 59.6 Å². The number of nitrogens with zero attached hydrogens (tertiary/aromatic N) is 2. The third-order valence-corrected chi connectivity index (χ3v) is 6.75. The van der Waals surface area contributed by atoms with Crippen molar-refractivity contribution < 1.29 is 19.4 Å². The molecular weight excluding hydrogens is 380 g/mol. The van der Waals surface area contributed by atoms with E-state index in [0.29, 0.717) is 29.1 Å². The highest BCUT2D eigenvalue weighted by atomic mass is 16.5. The summed E-state index contributed by atoms with van der Waals surface area (Å²) >= 11 is 0. The second-order valence-electron chi connectivity index (χ2n) is 8.69. The predicted molar refractivity (Wildman–Crippen MR) is 115 cm³/mol. The van der Waals surface area contributed by atoms with Crippen molar-refractivity contribution >= 4 is 17.4 Å². The monoisotopic (exact) mass is 412 g/mol. The zero-order chi connectivity index (χ0) is 21.1. The Hall–Kier alpha value is -2.34. The Balaban J connectivity index is 1.77. The van der Waals surface area contributed by atoms with Gasteiger partial charge >= 0.3 is 0 Å². The molecule has 0 aromatic heterocycles. The maximum absolute atomic E-state index is 13.7. The SMILES string of the molecule is COc1ccccc1C1=C(N2CCCC(CO)C2)C(=O)N(C2CCCCCC2)C1=O. The third-order valence-electron chi connectivity index (χ3n) is 6.75. The van der Waals surface area contributed by atoms with Crippen LogP contribution in [0.2, 0.25) is 0 Å². The Labute approximate surface area is 178 Å². The molecule has 2 aliphatic heterocycles. The predicted octanol–water partition coefficient (Wildman–Crippen LogP) is 3.20. The highest BCUT2D eigenvalue weighted by molar-refractivity contribution is 6.36. The van der Waals surface area contributed by atoms with Crippen LogP contribution in [0.3, 0.4) is 0 Å². The lowest BCUT2D eigenvalue weighted by Crippen LogP contribution is -2.44. The lowest BCUT2D eigenvalue weighted by atomic mass is 9.96. The molecule has 6 nitrogen and oxygen atoms in total. The van der Waals surface area contributed by atoms with E-state index in [9.17, 15) is 14.7 Å². The number of aliphatic hydroxyl groups is 1. The number of carbonyl (C=O) groups is 2. The smallest absolute Gasteiger partial charge is 0.278 e. The van der Waals surface area contributed by atoms with Crippen LogP contribution in [0, 0.1) is 5.92 Å². The number of benzene rings is 1. The van der Waals surface area contributed by atoms with Crippen LogP contribution >= 0.6 is 0 Å². The van der Waals surface area contributed by atoms with Gasteiger partial charge in [0, 0.05) is 31.3 Å². The Morgan fingerprint density at radius 1 is 1.00 bits per heavy atom. The van der Waals surface area contributed by atoms with Crippen molar-refractivity contribution in [3.63, 3.8) is 0 Å². The topological polar surface area (TPSA) is 70.1 Å². The molecule has 1 aromatic carbocycles. The lowest BCUT2D eigenvalue weighted by molar-refractivity contribution is -0.140. The minimum Gasteiger partial charge on any atom is -0.496 e. The van der Waals surface area contributed by atoms with Gasteiger partial charge in [0.25, 0.3) is 11.8 Å². The van der Waals surface area contributed by atoms with E-state index in [1.807, 2.05) is 29.2 Å². The molecule has 162 valence electrons. The molecule has 2 heterocycles. The Kier molecular flexibility index (Phi) is 6.42. The largest absolute Gasteiger partial charge is 0.496 e. The van der Waals surface area contributed by atoms with Gasteiger partial charge in [-0.25, -0.2) is 0 Å². The van der Waals surface area contributed by atoms with E-state index in [-0.39, 0.29) is 30.4 Å². The van der Waals surface area contributed by atoms with Crippen molar-refractivity contribution in [1.82, 2.24) is 9.80 Å². The van der Waals surface area contributed by atoms with Gasteiger partial charge in [0.05, 0.1) is 12.7 Å². The molecule has 4 rings (SSSR count). The van der Waals surface area contributed by atoms with Crippen molar-refractivity contribution in [2.45, 2.75) is 57.4 Å². The number of methoxy groups -OCH3 is 1. The number of para-hydroxylation sites is 1. The first-order chi connectivity index (χ1) is 14.7. The average molecular weight is 413 g/mol. The highest BCUT2D eigenvalue weighted by Gasteiger charge is 2.46. The summed E-state index contributed by atoms with van der Waals surface area (Å²) in [6, 6.07) is 7.41. The minimum absolute atomic E-state index is 0.0341. The van der Waals surface area contributed by atoms with E-state index in [4.69, 9.17) is 4.74 Å². The first-order valence-electron chi connectivity index (χ1n) is 11.3. The highest BCUT2D eigenvalue weighted by Crippen LogP contribution is 2.39. The summed E-state index contributed by atoms with van der Waals surface area (Å²) in [5, 5.41) is 9.70.